The Balaban J connectivity index is 1.55. The number of hydrogen-bond acceptors (Lipinski definition) is 4. The second kappa shape index (κ2) is 12.0. The topological polar surface area (TPSA) is 72.7 Å². The molecule has 3 aromatic rings. The molecule has 0 aliphatic rings. The van der Waals surface area contributed by atoms with Crippen LogP contribution in [0, 0.1) is 6.92 Å². The molecule has 0 aliphatic heterocycles. The van der Waals surface area contributed by atoms with Gasteiger partial charge in [-0.15, -0.1) is 0 Å². The molecular weight excluding hydrogens is 390 g/mol. The van der Waals surface area contributed by atoms with Crippen molar-refractivity contribution < 1.29 is 9.47 Å². The van der Waals surface area contributed by atoms with Crippen LogP contribution in [0.25, 0.3) is 11.0 Å². The summed E-state index contributed by atoms with van der Waals surface area (Å²) in [6, 6.07) is 14.4. The van der Waals surface area contributed by atoms with Crippen LogP contribution in [-0.2, 0) is 17.8 Å². The summed E-state index contributed by atoms with van der Waals surface area (Å²) in [5, 5.41) is 6.75. The van der Waals surface area contributed by atoms with Crippen molar-refractivity contribution in [3.8, 4) is 5.75 Å². The molecule has 2 aromatic carbocycles. The number of nitrogens with one attached hydrogen (secondary N) is 2. The number of aliphatic imine (C=N–C) groups is 1. The predicted molar refractivity (Wildman–Crippen MR) is 126 cm³/mol. The van der Waals surface area contributed by atoms with E-state index in [0.29, 0.717) is 19.8 Å². The first-order valence-corrected chi connectivity index (χ1v) is 10.8. The maximum absolute atomic E-state index is 5.88. The molecule has 0 saturated heterocycles. The Morgan fingerprint density at radius 3 is 2.84 bits per heavy atom. The highest BCUT2D eigenvalue weighted by Gasteiger charge is 2.06. The van der Waals surface area contributed by atoms with Crippen LogP contribution in [0.3, 0.4) is 0 Å². The fourth-order valence-electron chi connectivity index (χ4n) is 3.31. The zero-order valence-corrected chi connectivity index (χ0v) is 18.7. The molecular formula is C24H33N5O2. The molecule has 1 aromatic heterocycles. The third-order valence-corrected chi connectivity index (χ3v) is 4.92. The van der Waals surface area contributed by atoms with Gasteiger partial charge in [-0.25, -0.2) is 9.98 Å². The lowest BCUT2D eigenvalue weighted by Crippen LogP contribution is -2.38. The summed E-state index contributed by atoms with van der Waals surface area (Å²) in [5.74, 6) is 1.67. The Morgan fingerprint density at radius 2 is 2.00 bits per heavy atom. The van der Waals surface area contributed by atoms with Gasteiger partial charge in [-0.2, -0.15) is 0 Å². The van der Waals surface area contributed by atoms with Gasteiger partial charge in [-0.05, 0) is 44.0 Å². The van der Waals surface area contributed by atoms with Gasteiger partial charge in [-0.3, -0.25) is 0 Å². The highest BCUT2D eigenvalue weighted by Crippen LogP contribution is 2.21. The molecule has 0 spiro atoms. The maximum Gasteiger partial charge on any atom is 0.191 e. The third-order valence-electron chi connectivity index (χ3n) is 4.92. The summed E-state index contributed by atoms with van der Waals surface area (Å²) >= 11 is 0. The minimum Gasteiger partial charge on any atom is -0.491 e. The zero-order valence-electron chi connectivity index (χ0n) is 18.7. The SMILES string of the molecule is CCNC(=NCc1ccc(C)cc1OCCOC)NCCCn1cnc2ccccc21. The van der Waals surface area contributed by atoms with E-state index in [9.17, 15) is 0 Å². The largest absolute Gasteiger partial charge is 0.491 e. The van der Waals surface area contributed by atoms with Gasteiger partial charge in [-0.1, -0.05) is 24.3 Å². The van der Waals surface area contributed by atoms with Crippen molar-refractivity contribution in [1.29, 1.82) is 0 Å². The van der Waals surface area contributed by atoms with Crippen molar-refractivity contribution in [2.24, 2.45) is 4.99 Å². The van der Waals surface area contributed by atoms with Crippen molar-refractivity contribution >= 4 is 17.0 Å². The normalized spacial score (nSPS) is 11.6. The van der Waals surface area contributed by atoms with E-state index in [2.05, 4.69) is 58.3 Å². The summed E-state index contributed by atoms with van der Waals surface area (Å²) in [5.41, 5.74) is 4.43. The van der Waals surface area contributed by atoms with E-state index in [-0.39, 0.29) is 0 Å². The number of nitrogens with zero attached hydrogens (tertiary/aromatic N) is 3. The lowest BCUT2D eigenvalue weighted by molar-refractivity contribution is 0.145. The summed E-state index contributed by atoms with van der Waals surface area (Å²) in [7, 11) is 1.68. The van der Waals surface area contributed by atoms with Crippen LogP contribution in [0.4, 0.5) is 0 Å². The van der Waals surface area contributed by atoms with E-state index in [0.717, 1.165) is 54.4 Å². The molecule has 2 N–H and O–H groups in total. The fourth-order valence-corrected chi connectivity index (χ4v) is 3.31. The third kappa shape index (κ3) is 6.72. The highest BCUT2D eigenvalue weighted by molar-refractivity contribution is 5.79. The molecule has 0 saturated carbocycles. The number of aryl methyl sites for hydroxylation is 2. The van der Waals surface area contributed by atoms with Gasteiger partial charge in [0.2, 0.25) is 0 Å². The van der Waals surface area contributed by atoms with E-state index >= 15 is 0 Å². The zero-order chi connectivity index (χ0) is 21.9. The molecule has 0 atom stereocenters. The van der Waals surface area contributed by atoms with Crippen molar-refractivity contribution in [3.63, 3.8) is 0 Å². The van der Waals surface area contributed by atoms with Crippen LogP contribution in [0.2, 0.25) is 0 Å². The van der Waals surface area contributed by atoms with Crippen LogP contribution in [0.5, 0.6) is 5.75 Å². The van der Waals surface area contributed by atoms with Gasteiger partial charge in [0.05, 0.1) is 30.5 Å². The number of guanidine groups is 1. The maximum atomic E-state index is 5.88. The lowest BCUT2D eigenvalue weighted by atomic mass is 10.1. The molecule has 7 nitrogen and oxygen atoms in total. The van der Waals surface area contributed by atoms with Gasteiger partial charge in [0.25, 0.3) is 0 Å². The van der Waals surface area contributed by atoms with E-state index in [4.69, 9.17) is 14.5 Å². The number of hydrogen-bond donors (Lipinski definition) is 2. The molecule has 0 aliphatic carbocycles. The molecule has 0 bridgehead atoms. The van der Waals surface area contributed by atoms with Crippen molar-refractivity contribution in [2.75, 3.05) is 33.4 Å². The molecule has 166 valence electrons. The molecule has 3 rings (SSSR count). The smallest absolute Gasteiger partial charge is 0.191 e. The van der Waals surface area contributed by atoms with Crippen molar-refractivity contribution in [2.45, 2.75) is 33.4 Å². The van der Waals surface area contributed by atoms with Crippen LogP contribution in [0.15, 0.2) is 53.8 Å². The number of para-hydroxylation sites is 2. The van der Waals surface area contributed by atoms with E-state index in [1.165, 1.54) is 5.52 Å². The summed E-state index contributed by atoms with van der Waals surface area (Å²) in [6.07, 6.45) is 2.88. The highest BCUT2D eigenvalue weighted by atomic mass is 16.5. The molecule has 31 heavy (non-hydrogen) atoms. The van der Waals surface area contributed by atoms with Crippen molar-refractivity contribution in [1.82, 2.24) is 20.2 Å². The molecule has 0 radical (unpaired) electrons. The number of ether oxygens (including phenoxy) is 2. The standard InChI is InChI=1S/C24H33N5O2/c1-4-25-24(26-12-7-13-29-18-28-21-8-5-6-9-22(21)29)27-17-20-11-10-19(2)16-23(20)31-15-14-30-3/h5-6,8-11,16,18H,4,7,12-15,17H2,1-3H3,(H2,25,26,27). The number of rotatable bonds is 11. The molecule has 0 fully saturated rings. The predicted octanol–water partition coefficient (Wildman–Crippen LogP) is 3.52. The second-order valence-electron chi connectivity index (χ2n) is 7.35. The van der Waals surface area contributed by atoms with Crippen LogP contribution >= 0.6 is 0 Å². The number of fused-ring (bicyclic) bond motifs is 1. The fraction of sp³-hybridized carbons (Fsp3) is 0.417. The van der Waals surface area contributed by atoms with E-state index in [1.54, 1.807) is 7.11 Å². The van der Waals surface area contributed by atoms with Gasteiger partial charge in [0.1, 0.15) is 12.4 Å². The Hall–Kier alpha value is -3.06. The van der Waals surface area contributed by atoms with Gasteiger partial charge in [0, 0.05) is 32.3 Å². The van der Waals surface area contributed by atoms with E-state index in [1.807, 2.05) is 24.5 Å². The monoisotopic (exact) mass is 423 g/mol. The van der Waals surface area contributed by atoms with Crippen LogP contribution in [0.1, 0.15) is 24.5 Å². The van der Waals surface area contributed by atoms with Crippen LogP contribution in [-0.4, -0.2) is 48.9 Å². The molecule has 0 unspecified atom stereocenters. The average molecular weight is 424 g/mol. The quantitative estimate of drug-likeness (QED) is 0.280. The number of benzene rings is 2. The Bertz CT molecular complexity index is 983. The summed E-state index contributed by atoms with van der Waals surface area (Å²) in [6.45, 7) is 8.30. The van der Waals surface area contributed by atoms with Crippen LogP contribution < -0.4 is 15.4 Å². The first-order chi connectivity index (χ1) is 15.2. The molecule has 0 amide bonds. The second-order valence-corrected chi connectivity index (χ2v) is 7.35. The Labute approximate surface area is 184 Å². The summed E-state index contributed by atoms with van der Waals surface area (Å²) < 4.78 is 13.2. The first kappa shape index (κ1) is 22.6. The number of imidazole rings is 1. The molecule has 7 heteroatoms. The minimum atomic E-state index is 0.526. The Kier molecular flexibility index (Phi) is 8.72. The van der Waals surface area contributed by atoms with Crippen molar-refractivity contribution in [3.05, 3.63) is 59.9 Å². The number of methoxy groups -OCH3 is 1. The summed E-state index contributed by atoms with van der Waals surface area (Å²) in [4.78, 5) is 9.20. The van der Waals surface area contributed by atoms with Gasteiger partial charge < -0.3 is 24.7 Å². The Morgan fingerprint density at radius 1 is 1.13 bits per heavy atom. The minimum absolute atomic E-state index is 0.526. The number of aromatic nitrogens is 2. The average Bonchev–Trinajstić information content (AvgIpc) is 3.19. The molecule has 1 heterocycles. The first-order valence-electron chi connectivity index (χ1n) is 10.8. The van der Waals surface area contributed by atoms with Gasteiger partial charge in [0.15, 0.2) is 5.96 Å². The lowest BCUT2D eigenvalue weighted by Gasteiger charge is -2.14. The van der Waals surface area contributed by atoms with E-state index < -0.39 is 0 Å². The van der Waals surface area contributed by atoms with Gasteiger partial charge >= 0.3 is 0 Å².